The highest BCUT2D eigenvalue weighted by Gasteiger charge is 2.20. The van der Waals surface area contributed by atoms with Crippen LogP contribution in [-0.4, -0.2) is 27.6 Å². The van der Waals surface area contributed by atoms with E-state index in [9.17, 15) is 0 Å². The van der Waals surface area contributed by atoms with E-state index in [0.29, 0.717) is 5.92 Å². The van der Waals surface area contributed by atoms with E-state index in [1.807, 2.05) is 37.4 Å². The molecule has 1 saturated heterocycles. The molecule has 22 heavy (non-hydrogen) atoms. The Morgan fingerprint density at radius 1 is 1.36 bits per heavy atom. The number of piperidine rings is 1. The normalized spacial score (nSPS) is 18.9. The summed E-state index contributed by atoms with van der Waals surface area (Å²) in [5.41, 5.74) is 1.87. The lowest BCUT2D eigenvalue weighted by molar-refractivity contribution is 0.340. The maximum atomic E-state index is 5.80. The molecule has 0 amide bonds. The Hall–Kier alpha value is -2.14. The fraction of sp³-hybridized carbons (Fsp3) is 0.412. The standard InChI is InChI=1S/C17H20N4O/c1-12-6-7-15(22-12)17-20-14-5-3-9-19-16(14)21(17)11-13-4-2-8-18-10-13/h3,5-7,9,13,18H,2,4,8,10-11H2,1H3. The van der Waals surface area contributed by atoms with Crippen LogP contribution in [0.1, 0.15) is 18.6 Å². The second-order valence-electron chi connectivity index (χ2n) is 6.01. The van der Waals surface area contributed by atoms with Crippen LogP contribution in [0.15, 0.2) is 34.9 Å². The van der Waals surface area contributed by atoms with Crippen molar-refractivity contribution in [2.24, 2.45) is 5.92 Å². The summed E-state index contributed by atoms with van der Waals surface area (Å²) in [6, 6.07) is 7.91. The molecule has 1 unspecified atom stereocenters. The zero-order chi connectivity index (χ0) is 14.9. The third-order valence-electron chi connectivity index (χ3n) is 4.30. The topological polar surface area (TPSA) is 55.9 Å². The summed E-state index contributed by atoms with van der Waals surface area (Å²) in [5.74, 6) is 3.22. The van der Waals surface area contributed by atoms with Crippen LogP contribution in [0.25, 0.3) is 22.7 Å². The zero-order valence-corrected chi connectivity index (χ0v) is 12.7. The SMILES string of the molecule is Cc1ccc(-c2nc3cccnc3n2CC2CCCNC2)o1. The number of pyridine rings is 1. The van der Waals surface area contributed by atoms with E-state index in [1.165, 1.54) is 12.8 Å². The first-order chi connectivity index (χ1) is 10.8. The molecule has 0 bridgehead atoms. The molecule has 5 nitrogen and oxygen atoms in total. The molecule has 0 aliphatic carbocycles. The van der Waals surface area contributed by atoms with Crippen LogP contribution < -0.4 is 5.32 Å². The van der Waals surface area contributed by atoms with Crippen molar-refractivity contribution < 1.29 is 4.42 Å². The summed E-state index contributed by atoms with van der Waals surface area (Å²) >= 11 is 0. The van der Waals surface area contributed by atoms with Crippen molar-refractivity contribution in [1.29, 1.82) is 0 Å². The van der Waals surface area contributed by atoms with Crippen LogP contribution in [0.4, 0.5) is 0 Å². The molecule has 1 N–H and O–H groups in total. The Bertz CT molecular complexity index is 783. The fourth-order valence-electron chi connectivity index (χ4n) is 3.21. The first-order valence-electron chi connectivity index (χ1n) is 7.90. The van der Waals surface area contributed by atoms with Crippen LogP contribution in [-0.2, 0) is 6.54 Å². The fourth-order valence-corrected chi connectivity index (χ4v) is 3.21. The van der Waals surface area contributed by atoms with Gasteiger partial charge in [-0.2, -0.15) is 0 Å². The maximum absolute atomic E-state index is 5.80. The van der Waals surface area contributed by atoms with Crippen molar-refractivity contribution in [1.82, 2.24) is 19.9 Å². The van der Waals surface area contributed by atoms with Gasteiger partial charge in [-0.15, -0.1) is 0 Å². The highest BCUT2D eigenvalue weighted by Crippen LogP contribution is 2.27. The monoisotopic (exact) mass is 296 g/mol. The third kappa shape index (κ3) is 2.41. The van der Waals surface area contributed by atoms with Gasteiger partial charge in [0.1, 0.15) is 11.3 Å². The summed E-state index contributed by atoms with van der Waals surface area (Å²) in [6.45, 7) is 5.07. The Balaban J connectivity index is 1.79. The number of furan rings is 1. The van der Waals surface area contributed by atoms with Gasteiger partial charge in [0, 0.05) is 12.7 Å². The summed E-state index contributed by atoms with van der Waals surface area (Å²) in [7, 11) is 0. The average Bonchev–Trinajstić information content (AvgIpc) is 3.13. The minimum absolute atomic E-state index is 0.614. The van der Waals surface area contributed by atoms with Gasteiger partial charge in [-0.3, -0.25) is 0 Å². The molecule has 3 aromatic heterocycles. The van der Waals surface area contributed by atoms with Gasteiger partial charge in [-0.05, 0) is 63.0 Å². The van der Waals surface area contributed by atoms with Gasteiger partial charge < -0.3 is 14.3 Å². The largest absolute Gasteiger partial charge is 0.458 e. The Labute approximate surface area is 129 Å². The number of fused-ring (bicyclic) bond motifs is 1. The summed E-state index contributed by atoms with van der Waals surface area (Å²) < 4.78 is 8.02. The predicted molar refractivity (Wildman–Crippen MR) is 85.6 cm³/mol. The molecule has 1 aliphatic rings. The van der Waals surface area contributed by atoms with Crippen molar-refractivity contribution in [3.05, 3.63) is 36.2 Å². The van der Waals surface area contributed by atoms with E-state index >= 15 is 0 Å². The van der Waals surface area contributed by atoms with E-state index in [2.05, 4.69) is 14.9 Å². The lowest BCUT2D eigenvalue weighted by Gasteiger charge is -2.23. The van der Waals surface area contributed by atoms with Crippen LogP contribution in [0, 0.1) is 12.8 Å². The molecule has 1 atom stereocenters. The van der Waals surface area contributed by atoms with Crippen LogP contribution >= 0.6 is 0 Å². The molecule has 0 saturated carbocycles. The van der Waals surface area contributed by atoms with Gasteiger partial charge in [0.05, 0.1) is 0 Å². The molecular weight excluding hydrogens is 276 g/mol. The number of rotatable bonds is 3. The molecule has 1 fully saturated rings. The lowest BCUT2D eigenvalue weighted by Crippen LogP contribution is -2.32. The third-order valence-corrected chi connectivity index (χ3v) is 4.30. The van der Waals surface area contributed by atoms with Gasteiger partial charge in [0.2, 0.25) is 0 Å². The predicted octanol–water partition coefficient (Wildman–Crippen LogP) is 3.00. The summed E-state index contributed by atoms with van der Waals surface area (Å²) in [4.78, 5) is 9.29. The first-order valence-corrected chi connectivity index (χ1v) is 7.90. The smallest absolute Gasteiger partial charge is 0.178 e. The van der Waals surface area contributed by atoms with Crippen LogP contribution in [0.3, 0.4) is 0 Å². The van der Waals surface area contributed by atoms with Crippen LogP contribution in [0.5, 0.6) is 0 Å². The summed E-state index contributed by atoms with van der Waals surface area (Å²) in [6.07, 6.45) is 4.31. The molecule has 1 aliphatic heterocycles. The number of aryl methyl sites for hydroxylation is 1. The van der Waals surface area contributed by atoms with Crippen molar-refractivity contribution >= 4 is 11.2 Å². The van der Waals surface area contributed by atoms with Gasteiger partial charge in [0.15, 0.2) is 17.2 Å². The minimum atomic E-state index is 0.614. The lowest BCUT2D eigenvalue weighted by atomic mass is 9.99. The summed E-state index contributed by atoms with van der Waals surface area (Å²) in [5, 5.41) is 3.48. The van der Waals surface area contributed by atoms with E-state index < -0.39 is 0 Å². The quantitative estimate of drug-likeness (QED) is 0.807. The Morgan fingerprint density at radius 3 is 3.09 bits per heavy atom. The number of hydrogen-bond acceptors (Lipinski definition) is 4. The van der Waals surface area contributed by atoms with Crippen molar-refractivity contribution in [3.63, 3.8) is 0 Å². The number of nitrogens with zero attached hydrogens (tertiary/aromatic N) is 3. The number of imidazole rings is 1. The van der Waals surface area contributed by atoms with E-state index in [1.54, 1.807) is 0 Å². The second kappa shape index (κ2) is 5.57. The molecule has 3 aromatic rings. The molecule has 5 heteroatoms. The van der Waals surface area contributed by atoms with Gasteiger partial charge in [-0.1, -0.05) is 0 Å². The zero-order valence-electron chi connectivity index (χ0n) is 12.7. The first kappa shape index (κ1) is 13.5. The second-order valence-corrected chi connectivity index (χ2v) is 6.01. The molecule has 4 heterocycles. The van der Waals surface area contributed by atoms with E-state index in [-0.39, 0.29) is 0 Å². The molecule has 114 valence electrons. The molecule has 4 rings (SSSR count). The van der Waals surface area contributed by atoms with Gasteiger partial charge in [0.25, 0.3) is 0 Å². The van der Waals surface area contributed by atoms with Crippen molar-refractivity contribution in [2.75, 3.05) is 13.1 Å². The minimum Gasteiger partial charge on any atom is -0.458 e. The molecular formula is C17H20N4O. The number of nitrogens with one attached hydrogen (secondary N) is 1. The molecule has 0 aromatic carbocycles. The van der Waals surface area contributed by atoms with Gasteiger partial charge >= 0.3 is 0 Å². The Kier molecular flexibility index (Phi) is 3.42. The molecule has 0 radical (unpaired) electrons. The highest BCUT2D eigenvalue weighted by molar-refractivity contribution is 5.75. The van der Waals surface area contributed by atoms with Gasteiger partial charge in [-0.25, -0.2) is 9.97 Å². The average molecular weight is 296 g/mol. The van der Waals surface area contributed by atoms with Crippen molar-refractivity contribution in [3.8, 4) is 11.6 Å². The van der Waals surface area contributed by atoms with E-state index in [4.69, 9.17) is 9.40 Å². The van der Waals surface area contributed by atoms with Crippen LogP contribution in [0.2, 0.25) is 0 Å². The van der Waals surface area contributed by atoms with E-state index in [0.717, 1.165) is 48.1 Å². The number of aromatic nitrogens is 3. The Morgan fingerprint density at radius 2 is 2.32 bits per heavy atom. The van der Waals surface area contributed by atoms with Crippen molar-refractivity contribution in [2.45, 2.75) is 26.3 Å². The number of hydrogen-bond donors (Lipinski definition) is 1. The molecule has 0 spiro atoms. The maximum Gasteiger partial charge on any atom is 0.178 e. The highest BCUT2D eigenvalue weighted by atomic mass is 16.3.